The molecule has 0 aromatic heterocycles. The summed E-state index contributed by atoms with van der Waals surface area (Å²) >= 11 is 6.12. The van der Waals surface area contributed by atoms with Crippen molar-refractivity contribution >= 4 is 35.3 Å². The first kappa shape index (κ1) is 21.6. The fourth-order valence-electron chi connectivity index (χ4n) is 5.30. The Hall–Kier alpha value is -3.92. The number of allylic oxidation sites excluding steroid dienone is 2. The van der Waals surface area contributed by atoms with Crippen molar-refractivity contribution in [2.45, 2.75) is 13.0 Å². The Morgan fingerprint density at radius 1 is 1.11 bits per heavy atom. The quantitative estimate of drug-likeness (QED) is 0.197. The van der Waals surface area contributed by atoms with Crippen molar-refractivity contribution in [1.82, 2.24) is 5.01 Å². The van der Waals surface area contributed by atoms with Crippen LogP contribution >= 0.6 is 11.6 Å². The van der Waals surface area contributed by atoms with Crippen LogP contribution in [0.5, 0.6) is 17.2 Å². The zero-order chi connectivity index (χ0) is 24.3. The molecule has 1 saturated carbocycles. The summed E-state index contributed by atoms with van der Waals surface area (Å²) in [6, 6.07) is 7.81. The normalized spacial score (nSPS) is 25.7. The monoisotopic (exact) mass is 495 g/mol. The van der Waals surface area contributed by atoms with Crippen LogP contribution in [0.1, 0.15) is 17.5 Å². The van der Waals surface area contributed by atoms with Crippen LogP contribution in [0.4, 0.5) is 5.69 Å². The van der Waals surface area contributed by atoms with Gasteiger partial charge in [-0.1, -0.05) is 29.8 Å². The van der Waals surface area contributed by atoms with Gasteiger partial charge in [0.05, 0.1) is 23.0 Å². The molecule has 10 nitrogen and oxygen atoms in total. The second kappa shape index (κ2) is 8.09. The van der Waals surface area contributed by atoms with Crippen LogP contribution in [0, 0.1) is 33.8 Å². The molecule has 2 heterocycles. The van der Waals surface area contributed by atoms with Crippen molar-refractivity contribution in [1.29, 1.82) is 0 Å². The van der Waals surface area contributed by atoms with Crippen molar-refractivity contribution < 1.29 is 28.7 Å². The average molecular weight is 496 g/mol. The number of hydrogen-bond acceptors (Lipinski definition) is 8. The van der Waals surface area contributed by atoms with E-state index in [-0.39, 0.29) is 59.1 Å². The van der Waals surface area contributed by atoms with Crippen molar-refractivity contribution in [2.24, 2.45) is 28.8 Å². The number of nitro benzene ring substituents is 1. The number of ether oxygens (including phenoxy) is 3. The van der Waals surface area contributed by atoms with Gasteiger partial charge < -0.3 is 14.2 Å². The zero-order valence-corrected chi connectivity index (χ0v) is 18.9. The lowest BCUT2D eigenvalue weighted by molar-refractivity contribution is -0.385. The predicted octanol–water partition coefficient (Wildman–Crippen LogP) is 3.70. The van der Waals surface area contributed by atoms with Crippen LogP contribution in [-0.4, -0.2) is 34.8 Å². The highest BCUT2D eigenvalue weighted by molar-refractivity contribution is 6.31. The fraction of sp³-hybridized carbons (Fsp3) is 0.292. The van der Waals surface area contributed by atoms with E-state index in [0.29, 0.717) is 17.1 Å². The number of halogens is 1. The summed E-state index contributed by atoms with van der Waals surface area (Å²) in [5.41, 5.74) is 0.503. The van der Waals surface area contributed by atoms with E-state index in [1.54, 1.807) is 18.2 Å². The molecule has 0 radical (unpaired) electrons. The smallest absolute Gasteiger partial charge is 0.313 e. The van der Waals surface area contributed by atoms with Crippen molar-refractivity contribution in [3.8, 4) is 17.2 Å². The first-order valence-corrected chi connectivity index (χ1v) is 11.4. The third-order valence-corrected chi connectivity index (χ3v) is 7.06. The lowest BCUT2D eigenvalue weighted by Crippen LogP contribution is -2.28. The number of carbonyl (C=O) groups excluding carboxylic acids is 2. The largest absolute Gasteiger partial charge is 0.481 e. The van der Waals surface area contributed by atoms with Gasteiger partial charge in [-0.05, 0) is 42.0 Å². The van der Waals surface area contributed by atoms with E-state index >= 15 is 0 Å². The van der Waals surface area contributed by atoms with E-state index in [4.69, 9.17) is 25.8 Å². The number of amides is 2. The highest BCUT2D eigenvalue weighted by Crippen LogP contribution is 2.52. The van der Waals surface area contributed by atoms with E-state index in [0.717, 1.165) is 11.4 Å². The molecule has 2 fully saturated rings. The topological polar surface area (TPSA) is 121 Å². The summed E-state index contributed by atoms with van der Waals surface area (Å²) in [5.74, 6) is -0.327. The van der Waals surface area contributed by atoms with E-state index in [2.05, 4.69) is 5.10 Å². The first-order chi connectivity index (χ1) is 16.9. The third kappa shape index (κ3) is 3.52. The average Bonchev–Trinajstić information content (AvgIpc) is 3.61. The molecule has 2 aromatic rings. The van der Waals surface area contributed by atoms with Crippen molar-refractivity contribution in [2.75, 3.05) is 6.79 Å². The Kier molecular flexibility index (Phi) is 4.99. The van der Waals surface area contributed by atoms with Gasteiger partial charge in [0.15, 0.2) is 11.5 Å². The minimum atomic E-state index is -0.613. The number of benzene rings is 2. The molecular formula is C24H18ClN3O7. The lowest BCUT2D eigenvalue weighted by atomic mass is 9.85. The Labute approximate surface area is 203 Å². The van der Waals surface area contributed by atoms with Gasteiger partial charge in [0.1, 0.15) is 6.61 Å². The second-order valence-corrected chi connectivity index (χ2v) is 9.25. The number of fused-ring (bicyclic) bond motifs is 6. The van der Waals surface area contributed by atoms with Gasteiger partial charge in [-0.3, -0.25) is 19.7 Å². The third-order valence-electron chi connectivity index (χ3n) is 6.84. The molecule has 35 heavy (non-hydrogen) atoms. The molecule has 0 spiro atoms. The predicted molar refractivity (Wildman–Crippen MR) is 122 cm³/mol. The SMILES string of the molecule is O=C1C2C3C=CC(C3)C2C(=O)N1N=Cc1cc(Cl)cc([N+](=O)[O-])c1OCc1ccc2c(c1)OCO2. The molecule has 2 aliphatic carbocycles. The summed E-state index contributed by atoms with van der Waals surface area (Å²) in [6.07, 6.45) is 6.00. The van der Waals surface area contributed by atoms with Gasteiger partial charge >= 0.3 is 5.69 Å². The first-order valence-electron chi connectivity index (χ1n) is 11.0. The molecule has 4 unspecified atom stereocenters. The van der Waals surface area contributed by atoms with Crippen LogP contribution in [0.15, 0.2) is 47.6 Å². The minimum absolute atomic E-state index is 0.0132. The number of nitro groups is 1. The van der Waals surface area contributed by atoms with Crippen LogP contribution in [0.3, 0.4) is 0 Å². The Morgan fingerprint density at radius 3 is 2.54 bits per heavy atom. The highest BCUT2D eigenvalue weighted by atomic mass is 35.5. The summed E-state index contributed by atoms with van der Waals surface area (Å²) in [7, 11) is 0. The fourth-order valence-corrected chi connectivity index (χ4v) is 5.52. The Balaban J connectivity index is 1.29. The molecular weight excluding hydrogens is 478 g/mol. The number of hydrogen-bond donors (Lipinski definition) is 0. The lowest BCUT2D eigenvalue weighted by Gasteiger charge is -2.13. The maximum atomic E-state index is 12.9. The van der Waals surface area contributed by atoms with Gasteiger partial charge in [0.25, 0.3) is 11.8 Å². The number of imide groups is 1. The van der Waals surface area contributed by atoms with Crippen molar-refractivity contribution in [3.63, 3.8) is 0 Å². The van der Waals surface area contributed by atoms with E-state index in [1.807, 2.05) is 12.2 Å². The summed E-state index contributed by atoms with van der Waals surface area (Å²) in [4.78, 5) is 36.9. The van der Waals surface area contributed by atoms with E-state index in [9.17, 15) is 19.7 Å². The van der Waals surface area contributed by atoms with Crippen molar-refractivity contribution in [3.05, 3.63) is 68.7 Å². The molecule has 4 aliphatic rings. The molecule has 11 heteroatoms. The van der Waals surface area contributed by atoms with Crippen LogP contribution < -0.4 is 14.2 Å². The maximum Gasteiger partial charge on any atom is 0.313 e. The van der Waals surface area contributed by atoms with E-state index in [1.165, 1.54) is 18.3 Å². The minimum Gasteiger partial charge on any atom is -0.481 e. The number of nitrogens with zero attached hydrogens (tertiary/aromatic N) is 3. The van der Waals surface area contributed by atoms with Gasteiger partial charge in [-0.15, -0.1) is 0 Å². The molecule has 178 valence electrons. The summed E-state index contributed by atoms with van der Waals surface area (Å²) in [5, 5.41) is 16.8. The van der Waals surface area contributed by atoms with Crippen LogP contribution in [-0.2, 0) is 16.2 Å². The Bertz CT molecular complexity index is 1310. The van der Waals surface area contributed by atoms with Crippen LogP contribution in [0.25, 0.3) is 0 Å². The zero-order valence-electron chi connectivity index (χ0n) is 18.1. The molecule has 4 atom stereocenters. The second-order valence-electron chi connectivity index (χ2n) is 8.81. The van der Waals surface area contributed by atoms with Gasteiger partial charge in [0, 0.05) is 16.7 Å². The number of hydrazone groups is 1. The molecule has 0 N–H and O–H groups in total. The summed E-state index contributed by atoms with van der Waals surface area (Å²) < 4.78 is 16.5. The number of rotatable bonds is 6. The molecule has 2 amide bonds. The maximum absolute atomic E-state index is 12.9. The molecule has 2 bridgehead atoms. The highest BCUT2D eigenvalue weighted by Gasteiger charge is 2.59. The molecule has 6 rings (SSSR count). The van der Waals surface area contributed by atoms with Gasteiger partial charge in [-0.2, -0.15) is 10.1 Å². The van der Waals surface area contributed by atoms with Crippen LogP contribution in [0.2, 0.25) is 5.02 Å². The van der Waals surface area contributed by atoms with Gasteiger partial charge in [0.2, 0.25) is 12.5 Å². The number of carbonyl (C=O) groups is 2. The summed E-state index contributed by atoms with van der Waals surface area (Å²) in [6.45, 7) is 0.108. The van der Waals surface area contributed by atoms with E-state index < -0.39 is 16.8 Å². The molecule has 2 aliphatic heterocycles. The standard InChI is InChI=1S/C24H18ClN3O7/c25-16-7-15(9-26-27-23(29)20-13-2-3-14(6-13)21(20)24(27)30)22(17(8-16)28(31)32)33-10-12-1-4-18-19(5-12)35-11-34-18/h1-5,7-9,13-14,20-21H,6,10-11H2. The molecule has 1 saturated heterocycles. The molecule has 2 aromatic carbocycles. The van der Waals surface area contributed by atoms with Gasteiger partial charge in [-0.25, -0.2) is 0 Å². The Morgan fingerprint density at radius 2 is 1.83 bits per heavy atom.